The fourth-order valence-corrected chi connectivity index (χ4v) is 3.44. The van der Waals surface area contributed by atoms with Gasteiger partial charge in [-0.25, -0.2) is 0 Å². The average Bonchev–Trinajstić information content (AvgIpc) is 3.10. The standard InChI is InChI=1S/C14H22N4O/c15-14(6-1-2-7-14)13(19)18-9-3-4-11(10-18)12-5-8-16-17-12/h5,8,11H,1-4,6-7,9-10,15H2,(H,16,17). The third-order valence-electron chi connectivity index (χ3n) is 4.59. The molecular formula is C14H22N4O. The highest BCUT2D eigenvalue weighted by Crippen LogP contribution is 2.32. The van der Waals surface area contributed by atoms with Crippen LogP contribution < -0.4 is 5.73 Å². The highest BCUT2D eigenvalue weighted by Gasteiger charge is 2.41. The van der Waals surface area contributed by atoms with Crippen LogP contribution in [0.4, 0.5) is 0 Å². The average molecular weight is 262 g/mol. The zero-order valence-electron chi connectivity index (χ0n) is 11.3. The number of hydrogen-bond acceptors (Lipinski definition) is 3. The molecule has 1 aliphatic heterocycles. The number of carbonyl (C=O) groups excluding carboxylic acids is 1. The van der Waals surface area contributed by atoms with E-state index in [0.29, 0.717) is 5.92 Å². The van der Waals surface area contributed by atoms with Crippen LogP contribution in [0.5, 0.6) is 0 Å². The lowest BCUT2D eigenvalue weighted by Crippen LogP contribution is -2.55. The van der Waals surface area contributed by atoms with Crippen LogP contribution in [-0.2, 0) is 4.79 Å². The third-order valence-corrected chi connectivity index (χ3v) is 4.59. The fourth-order valence-electron chi connectivity index (χ4n) is 3.44. The molecule has 5 heteroatoms. The number of rotatable bonds is 2. The first-order chi connectivity index (χ1) is 9.19. The minimum Gasteiger partial charge on any atom is -0.340 e. The minimum atomic E-state index is -0.587. The van der Waals surface area contributed by atoms with Crippen LogP contribution in [0.1, 0.15) is 50.1 Å². The van der Waals surface area contributed by atoms with Gasteiger partial charge in [-0.15, -0.1) is 0 Å². The van der Waals surface area contributed by atoms with Gasteiger partial charge in [0.05, 0.1) is 5.54 Å². The molecule has 2 heterocycles. The summed E-state index contributed by atoms with van der Waals surface area (Å²) in [5, 5.41) is 7.03. The topological polar surface area (TPSA) is 75.0 Å². The summed E-state index contributed by atoms with van der Waals surface area (Å²) in [6.07, 6.45) is 7.79. The number of nitrogens with one attached hydrogen (secondary N) is 1. The Balaban J connectivity index is 1.69. The molecule has 0 bridgehead atoms. The predicted molar refractivity (Wildman–Crippen MR) is 72.5 cm³/mol. The quantitative estimate of drug-likeness (QED) is 0.845. The van der Waals surface area contributed by atoms with Crippen molar-refractivity contribution in [1.29, 1.82) is 0 Å². The zero-order valence-corrected chi connectivity index (χ0v) is 11.3. The first kappa shape index (κ1) is 12.7. The van der Waals surface area contributed by atoms with Gasteiger partial charge in [0.15, 0.2) is 0 Å². The fraction of sp³-hybridized carbons (Fsp3) is 0.714. The van der Waals surface area contributed by atoms with Crippen molar-refractivity contribution in [2.75, 3.05) is 13.1 Å². The molecular weight excluding hydrogens is 240 g/mol. The molecule has 2 fully saturated rings. The molecule has 1 saturated carbocycles. The molecule has 1 atom stereocenters. The molecule has 1 amide bonds. The van der Waals surface area contributed by atoms with Gasteiger partial charge < -0.3 is 10.6 Å². The second-order valence-electron chi connectivity index (χ2n) is 5.97. The van der Waals surface area contributed by atoms with Crippen molar-refractivity contribution in [3.8, 4) is 0 Å². The van der Waals surface area contributed by atoms with Crippen molar-refractivity contribution < 1.29 is 4.79 Å². The maximum absolute atomic E-state index is 12.6. The van der Waals surface area contributed by atoms with Gasteiger partial charge >= 0.3 is 0 Å². The molecule has 2 aliphatic rings. The van der Waals surface area contributed by atoms with Crippen molar-refractivity contribution >= 4 is 5.91 Å². The van der Waals surface area contributed by atoms with Gasteiger partial charge in [-0.2, -0.15) is 5.10 Å². The maximum atomic E-state index is 12.6. The molecule has 1 saturated heterocycles. The van der Waals surface area contributed by atoms with Crippen molar-refractivity contribution in [1.82, 2.24) is 15.1 Å². The number of nitrogens with zero attached hydrogens (tertiary/aromatic N) is 2. The third kappa shape index (κ3) is 2.39. The number of aromatic amines is 1. The number of carbonyl (C=O) groups is 1. The van der Waals surface area contributed by atoms with Gasteiger partial charge in [-0.05, 0) is 31.7 Å². The van der Waals surface area contributed by atoms with E-state index in [-0.39, 0.29) is 5.91 Å². The molecule has 19 heavy (non-hydrogen) atoms. The van der Waals surface area contributed by atoms with Gasteiger partial charge in [0.2, 0.25) is 5.91 Å². The summed E-state index contributed by atoms with van der Waals surface area (Å²) < 4.78 is 0. The summed E-state index contributed by atoms with van der Waals surface area (Å²) >= 11 is 0. The number of H-pyrrole nitrogens is 1. The predicted octanol–water partition coefficient (Wildman–Crippen LogP) is 1.39. The van der Waals surface area contributed by atoms with E-state index in [4.69, 9.17) is 5.73 Å². The number of aromatic nitrogens is 2. The van der Waals surface area contributed by atoms with Gasteiger partial charge in [0.25, 0.3) is 0 Å². The summed E-state index contributed by atoms with van der Waals surface area (Å²) in [6.45, 7) is 1.63. The molecule has 1 unspecified atom stereocenters. The zero-order chi connectivity index (χ0) is 13.3. The minimum absolute atomic E-state index is 0.161. The molecule has 1 aromatic rings. The normalized spacial score (nSPS) is 26.6. The van der Waals surface area contributed by atoms with E-state index in [1.807, 2.05) is 11.0 Å². The van der Waals surface area contributed by atoms with Crippen LogP contribution >= 0.6 is 0 Å². The highest BCUT2D eigenvalue weighted by atomic mass is 16.2. The Labute approximate surface area is 113 Å². The highest BCUT2D eigenvalue weighted by molar-refractivity contribution is 5.86. The van der Waals surface area contributed by atoms with E-state index in [1.165, 1.54) is 0 Å². The summed E-state index contributed by atoms with van der Waals surface area (Å²) in [7, 11) is 0. The Bertz CT molecular complexity index is 436. The summed E-state index contributed by atoms with van der Waals surface area (Å²) in [4.78, 5) is 14.6. The van der Waals surface area contributed by atoms with Crippen molar-refractivity contribution in [3.05, 3.63) is 18.0 Å². The Morgan fingerprint density at radius 2 is 2.21 bits per heavy atom. The van der Waals surface area contributed by atoms with Crippen molar-refractivity contribution in [2.24, 2.45) is 5.73 Å². The largest absolute Gasteiger partial charge is 0.340 e. The van der Waals surface area contributed by atoms with Crippen LogP contribution in [-0.4, -0.2) is 39.6 Å². The summed E-state index contributed by atoms with van der Waals surface area (Å²) in [5.41, 5.74) is 6.83. The van der Waals surface area contributed by atoms with Gasteiger partial charge in [-0.3, -0.25) is 9.89 Å². The number of piperidine rings is 1. The lowest BCUT2D eigenvalue weighted by Gasteiger charge is -2.37. The molecule has 3 N–H and O–H groups in total. The van der Waals surface area contributed by atoms with Crippen LogP contribution in [0.15, 0.2) is 12.3 Å². The Hall–Kier alpha value is -1.36. The molecule has 1 aliphatic carbocycles. The second kappa shape index (κ2) is 4.96. The van der Waals surface area contributed by atoms with Crippen LogP contribution in [0.25, 0.3) is 0 Å². The number of amides is 1. The smallest absolute Gasteiger partial charge is 0.242 e. The van der Waals surface area contributed by atoms with Gasteiger partial charge in [-0.1, -0.05) is 12.8 Å². The monoisotopic (exact) mass is 262 g/mol. The summed E-state index contributed by atoms with van der Waals surface area (Å²) in [6, 6.07) is 2.01. The van der Waals surface area contributed by atoms with Crippen LogP contribution in [0.2, 0.25) is 0 Å². The number of nitrogens with two attached hydrogens (primary N) is 1. The molecule has 0 spiro atoms. The van der Waals surface area contributed by atoms with E-state index in [9.17, 15) is 4.79 Å². The lowest BCUT2D eigenvalue weighted by atomic mass is 9.91. The molecule has 104 valence electrons. The molecule has 5 nitrogen and oxygen atoms in total. The first-order valence-corrected chi connectivity index (χ1v) is 7.26. The van der Waals surface area contributed by atoms with Gasteiger partial charge in [0, 0.05) is 30.9 Å². The van der Waals surface area contributed by atoms with Crippen molar-refractivity contribution in [3.63, 3.8) is 0 Å². The van der Waals surface area contributed by atoms with Gasteiger partial charge in [0.1, 0.15) is 0 Å². The lowest BCUT2D eigenvalue weighted by molar-refractivity contribution is -0.138. The number of likely N-dealkylation sites (tertiary alicyclic amines) is 1. The van der Waals surface area contributed by atoms with E-state index in [1.54, 1.807) is 6.20 Å². The van der Waals surface area contributed by atoms with E-state index >= 15 is 0 Å². The molecule has 0 radical (unpaired) electrons. The Morgan fingerprint density at radius 3 is 2.89 bits per heavy atom. The first-order valence-electron chi connectivity index (χ1n) is 7.26. The summed E-state index contributed by atoms with van der Waals surface area (Å²) in [5.74, 6) is 0.541. The Morgan fingerprint density at radius 1 is 1.42 bits per heavy atom. The molecule has 0 aromatic carbocycles. The Kier molecular flexibility index (Phi) is 3.31. The van der Waals surface area contributed by atoms with Crippen LogP contribution in [0.3, 0.4) is 0 Å². The maximum Gasteiger partial charge on any atom is 0.242 e. The van der Waals surface area contributed by atoms with E-state index in [2.05, 4.69) is 10.2 Å². The van der Waals surface area contributed by atoms with Crippen LogP contribution in [0, 0.1) is 0 Å². The molecule has 3 rings (SSSR count). The SMILES string of the molecule is NC1(C(=O)N2CCCC(c3ccn[nH]3)C2)CCCC1. The van der Waals surface area contributed by atoms with E-state index < -0.39 is 5.54 Å². The van der Waals surface area contributed by atoms with Crippen molar-refractivity contribution in [2.45, 2.75) is 50.0 Å². The van der Waals surface area contributed by atoms with E-state index in [0.717, 1.165) is 57.3 Å². The number of hydrogen-bond donors (Lipinski definition) is 2. The molecule has 1 aromatic heterocycles. The second-order valence-corrected chi connectivity index (χ2v) is 5.97.